The highest BCUT2D eigenvalue weighted by atomic mass is 16.5. The SMILES string of the molecule is CCCN1C(=O)[C@@]2(C(=C(O)c3ccc(OCC)cc3)C(=O)C(=O)N2CCCOC)c2ccccc21. The molecule has 8 heteroatoms. The number of anilines is 1. The molecule has 2 aliphatic heterocycles. The number of likely N-dealkylation sites (tertiary alicyclic amines) is 1. The molecule has 2 aliphatic rings. The quantitative estimate of drug-likeness (QED) is 0.257. The fourth-order valence-corrected chi connectivity index (χ4v) is 5.00. The number of ketones is 1. The van der Waals surface area contributed by atoms with Gasteiger partial charge in [-0.3, -0.25) is 14.4 Å². The van der Waals surface area contributed by atoms with Crippen molar-refractivity contribution in [3.8, 4) is 5.75 Å². The fraction of sp³-hybridized carbons (Fsp3) is 0.370. The second-order valence-electron chi connectivity index (χ2n) is 8.50. The highest BCUT2D eigenvalue weighted by Gasteiger charge is 2.66. The van der Waals surface area contributed by atoms with Crippen molar-refractivity contribution in [2.24, 2.45) is 0 Å². The number of rotatable bonds is 9. The number of aliphatic hydroxyl groups excluding tert-OH is 1. The first-order valence-corrected chi connectivity index (χ1v) is 11.9. The number of carbonyl (C=O) groups is 3. The van der Waals surface area contributed by atoms with Crippen LogP contribution in [-0.2, 0) is 24.7 Å². The van der Waals surface area contributed by atoms with Crippen LogP contribution in [0, 0.1) is 0 Å². The van der Waals surface area contributed by atoms with Gasteiger partial charge in [0.15, 0.2) is 5.54 Å². The number of fused-ring (bicyclic) bond motifs is 2. The number of Topliss-reactive ketones (excluding diaryl/α,β-unsaturated/α-hetero) is 1. The second kappa shape index (κ2) is 9.92. The van der Waals surface area contributed by atoms with Crippen LogP contribution in [0.25, 0.3) is 5.76 Å². The van der Waals surface area contributed by atoms with Crippen LogP contribution in [0.15, 0.2) is 54.1 Å². The zero-order chi connectivity index (χ0) is 25.2. The van der Waals surface area contributed by atoms with E-state index >= 15 is 0 Å². The van der Waals surface area contributed by atoms with E-state index in [1.54, 1.807) is 48.4 Å². The minimum atomic E-state index is -1.74. The number of hydrogen-bond donors (Lipinski definition) is 1. The van der Waals surface area contributed by atoms with Gasteiger partial charge in [0.25, 0.3) is 17.6 Å². The topological polar surface area (TPSA) is 96.4 Å². The number of hydrogen-bond acceptors (Lipinski definition) is 6. The normalized spacial score (nSPS) is 20.7. The predicted octanol–water partition coefficient (Wildman–Crippen LogP) is 3.45. The number of nitrogens with zero attached hydrogens (tertiary/aromatic N) is 2. The fourth-order valence-electron chi connectivity index (χ4n) is 5.00. The molecule has 1 saturated heterocycles. The molecular weight excluding hydrogens is 448 g/mol. The Labute approximate surface area is 204 Å². The molecule has 0 aromatic heterocycles. The highest BCUT2D eigenvalue weighted by Crippen LogP contribution is 2.53. The summed E-state index contributed by atoms with van der Waals surface area (Å²) in [4.78, 5) is 43.9. The maximum Gasteiger partial charge on any atom is 0.296 e. The van der Waals surface area contributed by atoms with Gasteiger partial charge in [-0.1, -0.05) is 25.1 Å². The van der Waals surface area contributed by atoms with Crippen molar-refractivity contribution < 1.29 is 29.0 Å². The van der Waals surface area contributed by atoms with Gasteiger partial charge in [0.05, 0.1) is 17.9 Å². The van der Waals surface area contributed by atoms with Crippen LogP contribution >= 0.6 is 0 Å². The Kier molecular flexibility index (Phi) is 6.93. The van der Waals surface area contributed by atoms with Crippen LogP contribution < -0.4 is 9.64 Å². The number of ether oxygens (including phenoxy) is 2. The molecule has 0 unspecified atom stereocenters. The molecule has 2 aromatic rings. The maximum absolute atomic E-state index is 14.2. The molecule has 2 aromatic carbocycles. The third-order valence-electron chi connectivity index (χ3n) is 6.43. The van der Waals surface area contributed by atoms with E-state index in [2.05, 4.69) is 0 Å². The van der Waals surface area contributed by atoms with Crippen LogP contribution in [0.4, 0.5) is 5.69 Å². The zero-order valence-corrected chi connectivity index (χ0v) is 20.2. The van der Waals surface area contributed by atoms with Gasteiger partial charge < -0.3 is 24.4 Å². The molecule has 1 atom stereocenters. The standard InChI is InChI=1S/C27H30N2O6/c1-4-15-28-21-10-7-6-9-20(21)27(26(28)33)22(24(31)25(32)29(27)16-8-17-34-3)23(30)18-11-13-19(14-12-18)35-5-2/h6-7,9-14,30H,4-5,8,15-17H2,1-3H3/t27-/m0/s1. The third kappa shape index (κ3) is 3.78. The molecule has 1 N–H and O–H groups in total. The molecule has 184 valence electrons. The van der Waals surface area contributed by atoms with Crippen molar-refractivity contribution in [2.75, 3.05) is 38.3 Å². The lowest BCUT2D eigenvalue weighted by Crippen LogP contribution is -2.52. The summed E-state index contributed by atoms with van der Waals surface area (Å²) in [6, 6.07) is 13.7. The molecule has 1 fully saturated rings. The summed E-state index contributed by atoms with van der Waals surface area (Å²) in [5, 5.41) is 11.4. The van der Waals surface area contributed by atoms with Crippen LogP contribution in [0.1, 0.15) is 37.8 Å². The lowest BCUT2D eigenvalue weighted by molar-refractivity contribution is -0.143. The third-order valence-corrected chi connectivity index (χ3v) is 6.43. The molecule has 2 heterocycles. The Morgan fingerprint density at radius 2 is 1.71 bits per heavy atom. The summed E-state index contributed by atoms with van der Waals surface area (Å²) in [6.07, 6.45) is 1.11. The Bertz CT molecular complexity index is 1170. The first kappa shape index (κ1) is 24.5. The maximum atomic E-state index is 14.2. The van der Waals surface area contributed by atoms with E-state index < -0.39 is 23.1 Å². The lowest BCUT2D eigenvalue weighted by Gasteiger charge is -2.34. The number of amides is 2. The van der Waals surface area contributed by atoms with Gasteiger partial charge in [0.2, 0.25) is 0 Å². The number of methoxy groups -OCH3 is 1. The van der Waals surface area contributed by atoms with Crippen molar-refractivity contribution in [1.29, 1.82) is 0 Å². The van der Waals surface area contributed by atoms with Crippen molar-refractivity contribution in [3.05, 3.63) is 65.2 Å². The number of benzene rings is 2. The average molecular weight is 479 g/mol. The Morgan fingerprint density at radius 1 is 1.00 bits per heavy atom. The van der Waals surface area contributed by atoms with Crippen LogP contribution in [0.5, 0.6) is 5.75 Å². The first-order valence-electron chi connectivity index (χ1n) is 11.9. The Morgan fingerprint density at radius 3 is 2.37 bits per heavy atom. The van der Waals surface area contributed by atoms with Crippen LogP contribution in [0.3, 0.4) is 0 Å². The van der Waals surface area contributed by atoms with E-state index in [9.17, 15) is 19.5 Å². The van der Waals surface area contributed by atoms with E-state index in [1.807, 2.05) is 26.0 Å². The van der Waals surface area contributed by atoms with Gasteiger partial charge in [-0.15, -0.1) is 0 Å². The highest BCUT2D eigenvalue weighted by molar-refractivity contribution is 6.50. The molecule has 4 rings (SSSR count). The van der Waals surface area contributed by atoms with Gasteiger partial charge in [0, 0.05) is 37.9 Å². The van der Waals surface area contributed by atoms with Gasteiger partial charge in [0.1, 0.15) is 11.5 Å². The first-order chi connectivity index (χ1) is 16.9. The predicted molar refractivity (Wildman–Crippen MR) is 131 cm³/mol. The average Bonchev–Trinajstić information content (AvgIpc) is 3.24. The molecule has 1 spiro atoms. The summed E-state index contributed by atoms with van der Waals surface area (Å²) in [5.41, 5.74) is -0.476. The van der Waals surface area contributed by atoms with Crippen molar-refractivity contribution in [3.63, 3.8) is 0 Å². The second-order valence-corrected chi connectivity index (χ2v) is 8.50. The molecular formula is C27H30N2O6. The number of para-hydroxylation sites is 1. The van der Waals surface area contributed by atoms with Gasteiger partial charge >= 0.3 is 0 Å². The summed E-state index contributed by atoms with van der Waals surface area (Å²) >= 11 is 0. The van der Waals surface area contributed by atoms with Crippen molar-refractivity contribution in [2.45, 2.75) is 32.2 Å². The molecule has 0 radical (unpaired) electrons. The van der Waals surface area contributed by atoms with Crippen LogP contribution in [-0.4, -0.2) is 61.0 Å². The largest absolute Gasteiger partial charge is 0.507 e. The Hall–Kier alpha value is -3.65. The molecule has 0 saturated carbocycles. The minimum Gasteiger partial charge on any atom is -0.507 e. The summed E-state index contributed by atoms with van der Waals surface area (Å²) in [6.45, 7) is 5.20. The van der Waals surface area contributed by atoms with E-state index in [0.717, 1.165) is 0 Å². The minimum absolute atomic E-state index is 0.124. The molecule has 8 nitrogen and oxygen atoms in total. The summed E-state index contributed by atoms with van der Waals surface area (Å²) < 4.78 is 10.6. The molecule has 2 amide bonds. The van der Waals surface area contributed by atoms with E-state index in [-0.39, 0.29) is 17.9 Å². The van der Waals surface area contributed by atoms with E-state index in [4.69, 9.17) is 9.47 Å². The van der Waals surface area contributed by atoms with Gasteiger partial charge in [-0.2, -0.15) is 0 Å². The Balaban J connectivity index is 1.97. The monoisotopic (exact) mass is 478 g/mol. The van der Waals surface area contributed by atoms with Crippen molar-refractivity contribution >= 4 is 29.0 Å². The van der Waals surface area contributed by atoms with Crippen LogP contribution in [0.2, 0.25) is 0 Å². The van der Waals surface area contributed by atoms with Gasteiger partial charge in [-0.25, -0.2) is 0 Å². The van der Waals surface area contributed by atoms with E-state index in [1.165, 1.54) is 4.90 Å². The number of carbonyl (C=O) groups excluding carboxylic acids is 3. The van der Waals surface area contributed by atoms with Crippen molar-refractivity contribution in [1.82, 2.24) is 4.90 Å². The summed E-state index contributed by atoms with van der Waals surface area (Å²) in [7, 11) is 1.55. The lowest BCUT2D eigenvalue weighted by atomic mass is 9.82. The number of aliphatic hydroxyl groups is 1. The molecule has 35 heavy (non-hydrogen) atoms. The summed E-state index contributed by atoms with van der Waals surface area (Å²) in [5.74, 6) is -1.88. The zero-order valence-electron chi connectivity index (χ0n) is 20.2. The smallest absolute Gasteiger partial charge is 0.296 e. The molecule has 0 aliphatic carbocycles. The molecule has 0 bridgehead atoms. The van der Waals surface area contributed by atoms with E-state index in [0.29, 0.717) is 55.2 Å². The van der Waals surface area contributed by atoms with Gasteiger partial charge in [-0.05, 0) is 50.1 Å².